The SMILES string of the molecule is C#CCCCC(NC(=O)OC(C)(C)C)C(=O)O. The average molecular weight is 241 g/mol. The molecule has 0 saturated carbocycles. The molecule has 0 aliphatic rings. The summed E-state index contributed by atoms with van der Waals surface area (Å²) in [5.74, 6) is 1.33. The van der Waals surface area contributed by atoms with Crippen molar-refractivity contribution in [3.8, 4) is 12.3 Å². The molecule has 0 aliphatic carbocycles. The number of carbonyl (C=O) groups excluding carboxylic acids is 1. The zero-order valence-corrected chi connectivity index (χ0v) is 10.4. The number of alkyl carbamates (subject to hydrolysis) is 1. The Bertz CT molecular complexity index is 311. The third-order valence-corrected chi connectivity index (χ3v) is 1.80. The number of rotatable bonds is 5. The highest BCUT2D eigenvalue weighted by Gasteiger charge is 2.23. The molecule has 0 aromatic carbocycles. The maximum Gasteiger partial charge on any atom is 0.408 e. The van der Waals surface area contributed by atoms with Gasteiger partial charge in [-0.15, -0.1) is 12.3 Å². The Labute approximate surface area is 102 Å². The van der Waals surface area contributed by atoms with Gasteiger partial charge < -0.3 is 15.2 Å². The van der Waals surface area contributed by atoms with Crippen molar-refractivity contribution in [1.82, 2.24) is 5.32 Å². The summed E-state index contributed by atoms with van der Waals surface area (Å²) in [6.07, 6.45) is 5.66. The molecule has 2 N–H and O–H groups in total. The maximum atomic E-state index is 11.4. The highest BCUT2D eigenvalue weighted by molar-refractivity contribution is 5.79. The number of carbonyl (C=O) groups is 2. The number of carboxylic acid groups (broad SMARTS) is 1. The molecule has 5 nitrogen and oxygen atoms in total. The van der Waals surface area contributed by atoms with Gasteiger partial charge in [-0.25, -0.2) is 9.59 Å². The number of ether oxygens (including phenoxy) is 1. The Morgan fingerprint density at radius 2 is 2.06 bits per heavy atom. The van der Waals surface area contributed by atoms with Gasteiger partial charge in [0.1, 0.15) is 11.6 Å². The minimum Gasteiger partial charge on any atom is -0.480 e. The summed E-state index contributed by atoms with van der Waals surface area (Å²) in [5, 5.41) is 11.2. The summed E-state index contributed by atoms with van der Waals surface area (Å²) in [4.78, 5) is 22.2. The molecule has 5 heteroatoms. The van der Waals surface area contributed by atoms with E-state index >= 15 is 0 Å². The average Bonchev–Trinajstić information content (AvgIpc) is 2.13. The molecule has 0 bridgehead atoms. The maximum absolute atomic E-state index is 11.4. The zero-order valence-electron chi connectivity index (χ0n) is 10.4. The van der Waals surface area contributed by atoms with Crippen molar-refractivity contribution in [3.63, 3.8) is 0 Å². The normalized spacial score (nSPS) is 12.4. The molecule has 0 fully saturated rings. The van der Waals surface area contributed by atoms with Crippen LogP contribution in [-0.2, 0) is 9.53 Å². The summed E-state index contributed by atoms with van der Waals surface area (Å²) in [7, 11) is 0. The van der Waals surface area contributed by atoms with Gasteiger partial charge in [0.05, 0.1) is 0 Å². The van der Waals surface area contributed by atoms with Gasteiger partial charge in [-0.2, -0.15) is 0 Å². The van der Waals surface area contributed by atoms with Crippen LogP contribution in [0.25, 0.3) is 0 Å². The van der Waals surface area contributed by atoms with Crippen LogP contribution >= 0.6 is 0 Å². The third-order valence-electron chi connectivity index (χ3n) is 1.80. The van der Waals surface area contributed by atoms with Crippen LogP contribution in [0.1, 0.15) is 40.0 Å². The first kappa shape index (κ1) is 15.3. The fourth-order valence-corrected chi connectivity index (χ4v) is 1.12. The Kier molecular flexibility index (Phi) is 6.11. The van der Waals surface area contributed by atoms with Crippen LogP contribution in [0, 0.1) is 12.3 Å². The van der Waals surface area contributed by atoms with Crippen LogP contribution in [0.15, 0.2) is 0 Å². The quantitative estimate of drug-likeness (QED) is 0.568. The zero-order chi connectivity index (χ0) is 13.5. The lowest BCUT2D eigenvalue weighted by Crippen LogP contribution is -2.43. The summed E-state index contributed by atoms with van der Waals surface area (Å²) < 4.78 is 4.97. The first-order chi connectivity index (χ1) is 7.76. The van der Waals surface area contributed by atoms with Gasteiger partial charge in [0, 0.05) is 6.42 Å². The number of aliphatic carboxylic acids is 1. The standard InChI is InChI=1S/C12H19NO4/c1-5-6-7-8-9(10(14)15)13-11(16)17-12(2,3)4/h1,9H,6-8H2,2-4H3,(H,13,16)(H,14,15). The van der Waals surface area contributed by atoms with Crippen LogP contribution in [0.4, 0.5) is 4.79 Å². The number of carboxylic acids is 1. The van der Waals surface area contributed by atoms with Crippen LogP contribution < -0.4 is 5.32 Å². The number of hydrogen-bond acceptors (Lipinski definition) is 3. The van der Waals surface area contributed by atoms with E-state index < -0.39 is 23.7 Å². The van der Waals surface area contributed by atoms with Gasteiger partial charge >= 0.3 is 12.1 Å². The number of amides is 1. The van der Waals surface area contributed by atoms with Gasteiger partial charge in [0.2, 0.25) is 0 Å². The van der Waals surface area contributed by atoms with Crippen LogP contribution in [0.3, 0.4) is 0 Å². The third kappa shape index (κ3) is 8.14. The van der Waals surface area contributed by atoms with Gasteiger partial charge in [-0.3, -0.25) is 0 Å². The van der Waals surface area contributed by atoms with Gasteiger partial charge in [-0.05, 0) is 33.6 Å². The molecule has 0 aromatic rings. The molecule has 96 valence electrons. The number of nitrogens with one attached hydrogen (secondary N) is 1. The molecule has 1 atom stereocenters. The van der Waals surface area contributed by atoms with Gasteiger partial charge in [-0.1, -0.05) is 0 Å². The first-order valence-corrected chi connectivity index (χ1v) is 5.42. The molecule has 17 heavy (non-hydrogen) atoms. The molecule has 0 aliphatic heterocycles. The molecule has 1 amide bonds. The lowest BCUT2D eigenvalue weighted by molar-refractivity contribution is -0.139. The monoisotopic (exact) mass is 241 g/mol. The fourth-order valence-electron chi connectivity index (χ4n) is 1.12. The molecule has 0 aromatic heterocycles. The molecule has 1 unspecified atom stereocenters. The summed E-state index contributed by atoms with van der Waals surface area (Å²) >= 11 is 0. The summed E-state index contributed by atoms with van der Waals surface area (Å²) in [6, 6.07) is -0.960. The predicted octanol–water partition coefficient (Wildman–Crippen LogP) is 1.77. The second-order valence-electron chi connectivity index (χ2n) is 4.63. The topological polar surface area (TPSA) is 75.6 Å². The molecule has 0 radical (unpaired) electrons. The fraction of sp³-hybridized carbons (Fsp3) is 0.667. The molecule has 0 heterocycles. The Morgan fingerprint density at radius 3 is 2.47 bits per heavy atom. The summed E-state index contributed by atoms with van der Waals surface area (Å²) in [5.41, 5.74) is -0.647. The predicted molar refractivity (Wildman–Crippen MR) is 63.5 cm³/mol. The van der Waals surface area contributed by atoms with Crippen LogP contribution in [0.2, 0.25) is 0 Å². The Hall–Kier alpha value is -1.70. The van der Waals surface area contributed by atoms with E-state index in [1.165, 1.54) is 0 Å². The molecule has 0 rings (SSSR count). The smallest absolute Gasteiger partial charge is 0.408 e. The van der Waals surface area contributed by atoms with Gasteiger partial charge in [0.15, 0.2) is 0 Å². The minimum absolute atomic E-state index is 0.290. The van der Waals surface area contributed by atoms with E-state index in [-0.39, 0.29) is 0 Å². The largest absolute Gasteiger partial charge is 0.480 e. The van der Waals surface area contributed by atoms with E-state index in [2.05, 4.69) is 11.2 Å². The van der Waals surface area contributed by atoms with Crippen molar-refractivity contribution in [2.45, 2.75) is 51.7 Å². The van der Waals surface area contributed by atoms with E-state index in [4.69, 9.17) is 16.3 Å². The van der Waals surface area contributed by atoms with E-state index in [0.29, 0.717) is 19.3 Å². The van der Waals surface area contributed by atoms with Crippen molar-refractivity contribution in [1.29, 1.82) is 0 Å². The van der Waals surface area contributed by atoms with Crippen LogP contribution in [-0.4, -0.2) is 28.8 Å². The van der Waals surface area contributed by atoms with Crippen molar-refractivity contribution >= 4 is 12.1 Å². The van der Waals surface area contributed by atoms with E-state index in [1.807, 2.05) is 0 Å². The van der Waals surface area contributed by atoms with Gasteiger partial charge in [0.25, 0.3) is 0 Å². The van der Waals surface area contributed by atoms with E-state index in [9.17, 15) is 9.59 Å². The molecule has 0 saturated heterocycles. The van der Waals surface area contributed by atoms with E-state index in [0.717, 1.165) is 0 Å². The lowest BCUT2D eigenvalue weighted by Gasteiger charge is -2.21. The second kappa shape index (κ2) is 6.79. The molecule has 0 spiro atoms. The molecular formula is C12H19NO4. The van der Waals surface area contributed by atoms with E-state index in [1.54, 1.807) is 20.8 Å². The molecular weight excluding hydrogens is 222 g/mol. The Balaban J connectivity index is 4.22. The highest BCUT2D eigenvalue weighted by atomic mass is 16.6. The van der Waals surface area contributed by atoms with Crippen molar-refractivity contribution < 1.29 is 19.4 Å². The number of unbranched alkanes of at least 4 members (excludes halogenated alkanes) is 1. The van der Waals surface area contributed by atoms with Crippen LogP contribution in [0.5, 0.6) is 0 Å². The highest BCUT2D eigenvalue weighted by Crippen LogP contribution is 2.08. The number of hydrogen-bond donors (Lipinski definition) is 2. The van der Waals surface area contributed by atoms with Crippen molar-refractivity contribution in [2.24, 2.45) is 0 Å². The summed E-state index contributed by atoms with van der Waals surface area (Å²) in [6.45, 7) is 5.13. The second-order valence-corrected chi connectivity index (χ2v) is 4.63. The Morgan fingerprint density at radius 1 is 1.47 bits per heavy atom. The van der Waals surface area contributed by atoms with Crippen molar-refractivity contribution in [3.05, 3.63) is 0 Å². The minimum atomic E-state index is -1.09. The lowest BCUT2D eigenvalue weighted by atomic mass is 10.1. The number of terminal acetylenes is 1. The first-order valence-electron chi connectivity index (χ1n) is 5.42. The van der Waals surface area contributed by atoms with Crippen molar-refractivity contribution in [2.75, 3.05) is 0 Å².